The third-order valence-corrected chi connectivity index (χ3v) is 3.14. The van der Waals surface area contributed by atoms with Crippen LogP contribution in [0.2, 0.25) is 0 Å². The second-order valence-corrected chi connectivity index (χ2v) is 4.53. The van der Waals surface area contributed by atoms with Gasteiger partial charge in [-0.3, -0.25) is 9.69 Å². The lowest BCUT2D eigenvalue weighted by molar-refractivity contribution is -0.121. The number of carboxylic acids is 1. The van der Waals surface area contributed by atoms with Crippen molar-refractivity contribution in [2.24, 2.45) is 0 Å². The van der Waals surface area contributed by atoms with Crippen LogP contribution in [0.1, 0.15) is 16.3 Å². The first-order valence-electron chi connectivity index (χ1n) is 6.20. The van der Waals surface area contributed by atoms with Gasteiger partial charge in [0.15, 0.2) is 6.61 Å². The standard InChI is InChI=1S/C14H12N2O5/c15-9-2-1-3-10-13(9)16(12(17)7-20-10)6-8-4-5-11(21-8)14(18)19/h1-5H,6-7,15H2,(H,18,19). The molecule has 0 aliphatic carbocycles. The van der Waals surface area contributed by atoms with Crippen LogP contribution in [0.15, 0.2) is 34.7 Å². The SMILES string of the molecule is Nc1cccc2c1N(Cc1ccc(C(=O)O)o1)C(=O)CO2. The molecule has 2 heterocycles. The Morgan fingerprint density at radius 3 is 2.86 bits per heavy atom. The van der Waals surface area contributed by atoms with E-state index in [0.717, 1.165) is 0 Å². The van der Waals surface area contributed by atoms with Gasteiger partial charge >= 0.3 is 5.97 Å². The Hall–Kier alpha value is -2.96. The van der Waals surface area contributed by atoms with Crippen LogP contribution in [0.5, 0.6) is 5.75 Å². The van der Waals surface area contributed by atoms with Gasteiger partial charge in [0.25, 0.3) is 5.91 Å². The van der Waals surface area contributed by atoms with Gasteiger partial charge in [0.1, 0.15) is 17.2 Å². The molecule has 0 saturated carbocycles. The Balaban J connectivity index is 1.94. The molecule has 2 aromatic rings. The van der Waals surface area contributed by atoms with Gasteiger partial charge in [0.05, 0.1) is 12.2 Å². The lowest BCUT2D eigenvalue weighted by Crippen LogP contribution is -2.38. The molecule has 0 unspecified atom stereocenters. The topological polar surface area (TPSA) is 106 Å². The molecule has 0 radical (unpaired) electrons. The van der Waals surface area contributed by atoms with Crippen molar-refractivity contribution >= 4 is 23.3 Å². The highest BCUT2D eigenvalue weighted by Gasteiger charge is 2.28. The van der Waals surface area contributed by atoms with Crippen LogP contribution in [0, 0.1) is 0 Å². The van der Waals surface area contributed by atoms with E-state index in [1.807, 2.05) is 0 Å². The van der Waals surface area contributed by atoms with Gasteiger partial charge in [-0.25, -0.2) is 4.79 Å². The van der Waals surface area contributed by atoms with E-state index in [9.17, 15) is 9.59 Å². The number of nitrogens with two attached hydrogens (primary N) is 1. The maximum absolute atomic E-state index is 12.0. The van der Waals surface area contributed by atoms with Gasteiger partial charge in [-0.2, -0.15) is 0 Å². The van der Waals surface area contributed by atoms with E-state index in [-0.39, 0.29) is 24.8 Å². The van der Waals surface area contributed by atoms with Crippen LogP contribution in [-0.4, -0.2) is 23.6 Å². The van der Waals surface area contributed by atoms with Crippen molar-refractivity contribution in [2.45, 2.75) is 6.54 Å². The van der Waals surface area contributed by atoms with Crippen molar-refractivity contribution in [1.82, 2.24) is 0 Å². The molecule has 1 amide bonds. The minimum atomic E-state index is -1.16. The minimum Gasteiger partial charge on any atom is -0.481 e. The van der Waals surface area contributed by atoms with Crippen molar-refractivity contribution in [3.63, 3.8) is 0 Å². The van der Waals surface area contributed by atoms with Gasteiger partial charge in [0, 0.05) is 0 Å². The zero-order valence-electron chi connectivity index (χ0n) is 10.9. The maximum atomic E-state index is 12.0. The van der Waals surface area contributed by atoms with Gasteiger partial charge in [0.2, 0.25) is 5.76 Å². The zero-order valence-corrected chi connectivity index (χ0v) is 10.9. The average molecular weight is 288 g/mol. The van der Waals surface area contributed by atoms with E-state index in [2.05, 4.69) is 0 Å². The fourth-order valence-electron chi connectivity index (χ4n) is 2.19. The van der Waals surface area contributed by atoms with Gasteiger partial charge in [-0.05, 0) is 24.3 Å². The number of aromatic carboxylic acids is 1. The Bertz CT molecular complexity index is 722. The first-order chi connectivity index (χ1) is 10.1. The molecule has 7 nitrogen and oxygen atoms in total. The molecule has 21 heavy (non-hydrogen) atoms. The third kappa shape index (κ3) is 2.29. The average Bonchev–Trinajstić information content (AvgIpc) is 2.91. The molecule has 0 bridgehead atoms. The number of furan rings is 1. The highest BCUT2D eigenvalue weighted by Crippen LogP contribution is 2.38. The smallest absolute Gasteiger partial charge is 0.371 e. The second-order valence-electron chi connectivity index (χ2n) is 4.53. The number of hydrogen-bond acceptors (Lipinski definition) is 5. The number of benzene rings is 1. The molecule has 1 aliphatic heterocycles. The summed E-state index contributed by atoms with van der Waals surface area (Å²) in [5, 5.41) is 8.84. The summed E-state index contributed by atoms with van der Waals surface area (Å²) >= 11 is 0. The van der Waals surface area contributed by atoms with E-state index < -0.39 is 5.97 Å². The van der Waals surface area contributed by atoms with Crippen LogP contribution in [0.3, 0.4) is 0 Å². The number of ether oxygens (including phenoxy) is 1. The van der Waals surface area contributed by atoms with E-state index in [1.165, 1.54) is 17.0 Å². The third-order valence-electron chi connectivity index (χ3n) is 3.14. The molecule has 7 heteroatoms. The molecule has 0 saturated heterocycles. The van der Waals surface area contributed by atoms with E-state index in [1.54, 1.807) is 18.2 Å². The molecule has 1 aromatic carbocycles. The van der Waals surface area contributed by atoms with E-state index in [0.29, 0.717) is 22.9 Å². The summed E-state index contributed by atoms with van der Waals surface area (Å²) in [5.41, 5.74) is 6.78. The molecule has 1 aliphatic rings. The predicted molar refractivity (Wildman–Crippen MR) is 73.2 cm³/mol. The number of para-hydroxylation sites is 1. The Morgan fingerprint density at radius 1 is 1.33 bits per heavy atom. The van der Waals surface area contributed by atoms with Crippen LogP contribution in [-0.2, 0) is 11.3 Å². The Labute approximate surface area is 119 Å². The fourth-order valence-corrected chi connectivity index (χ4v) is 2.19. The largest absolute Gasteiger partial charge is 0.481 e. The molecule has 0 atom stereocenters. The van der Waals surface area contributed by atoms with Crippen molar-refractivity contribution in [1.29, 1.82) is 0 Å². The molecule has 0 fully saturated rings. The summed E-state index contributed by atoms with van der Waals surface area (Å²) < 4.78 is 10.5. The number of nitrogens with zero attached hydrogens (tertiary/aromatic N) is 1. The lowest BCUT2D eigenvalue weighted by atomic mass is 10.2. The number of carboxylic acid groups (broad SMARTS) is 1. The summed E-state index contributed by atoms with van der Waals surface area (Å²) in [4.78, 5) is 24.3. The van der Waals surface area contributed by atoms with Crippen LogP contribution in [0.4, 0.5) is 11.4 Å². The predicted octanol–water partition coefficient (Wildman–Crippen LogP) is 1.49. The molecule has 3 N–H and O–H groups in total. The minimum absolute atomic E-state index is 0.0939. The number of carbonyl (C=O) groups is 2. The normalized spacial score (nSPS) is 13.7. The number of anilines is 2. The van der Waals surface area contributed by atoms with Gasteiger partial charge in [-0.1, -0.05) is 6.07 Å². The number of nitrogen functional groups attached to an aromatic ring is 1. The van der Waals surface area contributed by atoms with Crippen molar-refractivity contribution in [3.8, 4) is 5.75 Å². The van der Waals surface area contributed by atoms with Gasteiger partial charge in [-0.15, -0.1) is 0 Å². The van der Waals surface area contributed by atoms with E-state index >= 15 is 0 Å². The first-order valence-corrected chi connectivity index (χ1v) is 6.20. The first kappa shape index (κ1) is 13.0. The summed E-state index contributed by atoms with van der Waals surface area (Å²) in [6.07, 6.45) is 0. The van der Waals surface area contributed by atoms with Crippen molar-refractivity contribution in [2.75, 3.05) is 17.2 Å². The molecule has 108 valence electrons. The van der Waals surface area contributed by atoms with Gasteiger partial charge < -0.3 is 20.0 Å². The highest BCUT2D eigenvalue weighted by molar-refractivity contribution is 6.01. The molecule has 1 aromatic heterocycles. The molecular weight excluding hydrogens is 276 g/mol. The molecular formula is C14H12N2O5. The number of rotatable bonds is 3. The lowest BCUT2D eigenvalue weighted by Gasteiger charge is -2.29. The van der Waals surface area contributed by atoms with Crippen LogP contribution in [0.25, 0.3) is 0 Å². The number of carbonyl (C=O) groups excluding carboxylic acids is 1. The van der Waals surface area contributed by atoms with Crippen molar-refractivity contribution < 1.29 is 23.8 Å². The molecule has 3 rings (SSSR count). The Kier molecular flexibility index (Phi) is 3.02. The highest BCUT2D eigenvalue weighted by atomic mass is 16.5. The zero-order chi connectivity index (χ0) is 15.0. The van der Waals surface area contributed by atoms with E-state index in [4.69, 9.17) is 20.0 Å². The summed E-state index contributed by atoms with van der Waals surface area (Å²) in [5.74, 6) is -0.730. The second kappa shape index (κ2) is 4.86. The summed E-state index contributed by atoms with van der Waals surface area (Å²) in [6.45, 7) is -0.000361. The monoisotopic (exact) mass is 288 g/mol. The number of fused-ring (bicyclic) bond motifs is 1. The van der Waals surface area contributed by atoms with Crippen LogP contribution < -0.4 is 15.4 Å². The quantitative estimate of drug-likeness (QED) is 0.829. The Morgan fingerprint density at radius 2 is 2.14 bits per heavy atom. The number of amides is 1. The van der Waals surface area contributed by atoms with Crippen LogP contribution >= 0.6 is 0 Å². The summed E-state index contributed by atoms with van der Waals surface area (Å²) in [7, 11) is 0. The maximum Gasteiger partial charge on any atom is 0.371 e. The fraction of sp³-hybridized carbons (Fsp3) is 0.143. The van der Waals surface area contributed by atoms with Crippen molar-refractivity contribution in [3.05, 3.63) is 41.9 Å². The number of hydrogen-bond donors (Lipinski definition) is 2. The molecule has 0 spiro atoms. The summed E-state index contributed by atoms with van der Waals surface area (Å²) in [6, 6.07) is 7.98.